The summed E-state index contributed by atoms with van der Waals surface area (Å²) in [5, 5.41) is 4.93. The number of carbonyl (C=O) groups is 1. The smallest absolute Gasteiger partial charge is 0.266 e. The van der Waals surface area contributed by atoms with Gasteiger partial charge in [0.15, 0.2) is 0 Å². The molecule has 0 aliphatic carbocycles. The summed E-state index contributed by atoms with van der Waals surface area (Å²) in [6.07, 6.45) is 6.34. The van der Waals surface area contributed by atoms with Crippen molar-refractivity contribution < 1.29 is 9.53 Å². The van der Waals surface area contributed by atoms with Crippen molar-refractivity contribution in [2.24, 2.45) is 0 Å². The van der Waals surface area contributed by atoms with Crippen LogP contribution in [-0.2, 0) is 11.2 Å². The molecule has 4 aromatic rings. The van der Waals surface area contributed by atoms with Crippen molar-refractivity contribution in [1.82, 2.24) is 14.7 Å². The van der Waals surface area contributed by atoms with E-state index in [1.807, 2.05) is 90.6 Å². The number of rotatable bonds is 9. The minimum Gasteiger partial charge on any atom is -0.490 e. The Morgan fingerprint density at radius 2 is 1.79 bits per heavy atom. The second-order valence-corrected chi connectivity index (χ2v) is 10.5. The van der Waals surface area contributed by atoms with Gasteiger partial charge in [-0.1, -0.05) is 85.2 Å². The molecule has 5 nitrogen and oxygen atoms in total. The summed E-state index contributed by atoms with van der Waals surface area (Å²) < 4.78 is 8.13. The van der Waals surface area contributed by atoms with Crippen LogP contribution >= 0.6 is 24.0 Å². The highest BCUT2D eigenvalue weighted by molar-refractivity contribution is 8.26. The summed E-state index contributed by atoms with van der Waals surface area (Å²) in [7, 11) is 0. The Bertz CT molecular complexity index is 1510. The molecule has 0 atom stereocenters. The van der Waals surface area contributed by atoms with E-state index >= 15 is 0 Å². The molecule has 3 aromatic carbocycles. The Morgan fingerprint density at radius 1 is 1.05 bits per heavy atom. The highest BCUT2D eigenvalue weighted by atomic mass is 32.2. The Kier molecular flexibility index (Phi) is 7.86. The van der Waals surface area contributed by atoms with Crippen molar-refractivity contribution in [2.75, 3.05) is 13.2 Å². The molecule has 0 saturated carbocycles. The number of carbonyl (C=O) groups excluding carboxylic acids is 1. The number of hydrogen-bond donors (Lipinski definition) is 0. The molecule has 1 fully saturated rings. The number of hydrogen-bond acceptors (Lipinski definition) is 5. The summed E-state index contributed by atoms with van der Waals surface area (Å²) in [5.41, 5.74) is 5.74. The number of aromatic nitrogens is 2. The van der Waals surface area contributed by atoms with Crippen molar-refractivity contribution in [3.63, 3.8) is 0 Å². The first-order valence-electron chi connectivity index (χ1n) is 12.3. The molecule has 38 heavy (non-hydrogen) atoms. The molecule has 1 aliphatic heterocycles. The first-order valence-corrected chi connectivity index (χ1v) is 13.5. The lowest BCUT2D eigenvalue weighted by Crippen LogP contribution is -2.30. The second kappa shape index (κ2) is 11.6. The highest BCUT2D eigenvalue weighted by Crippen LogP contribution is 2.36. The zero-order valence-electron chi connectivity index (χ0n) is 21.0. The lowest BCUT2D eigenvalue weighted by Gasteiger charge is -2.14. The van der Waals surface area contributed by atoms with E-state index in [4.69, 9.17) is 22.1 Å². The lowest BCUT2D eigenvalue weighted by molar-refractivity contribution is -0.122. The van der Waals surface area contributed by atoms with Gasteiger partial charge in [-0.3, -0.25) is 9.69 Å². The molecule has 1 aliphatic rings. The predicted octanol–water partition coefficient (Wildman–Crippen LogP) is 6.86. The first-order chi connectivity index (χ1) is 18.5. The van der Waals surface area contributed by atoms with Crippen LogP contribution < -0.4 is 4.74 Å². The number of para-hydroxylation sites is 1. The van der Waals surface area contributed by atoms with Gasteiger partial charge < -0.3 is 4.74 Å². The van der Waals surface area contributed by atoms with Crippen LogP contribution in [0.2, 0.25) is 0 Å². The summed E-state index contributed by atoms with van der Waals surface area (Å²) >= 11 is 6.93. The van der Waals surface area contributed by atoms with Gasteiger partial charge in [-0.15, -0.1) is 0 Å². The van der Waals surface area contributed by atoms with Crippen LogP contribution in [0, 0.1) is 6.92 Å². The van der Waals surface area contributed by atoms with E-state index < -0.39 is 0 Å². The van der Waals surface area contributed by atoms with E-state index in [9.17, 15) is 4.79 Å². The number of amides is 1. The van der Waals surface area contributed by atoms with E-state index in [1.165, 1.54) is 17.3 Å². The molecule has 190 valence electrons. The zero-order valence-corrected chi connectivity index (χ0v) is 22.7. The van der Waals surface area contributed by atoms with E-state index in [-0.39, 0.29) is 5.91 Å². The largest absolute Gasteiger partial charge is 0.490 e. The molecular formula is C31H27N3O2S2. The van der Waals surface area contributed by atoms with Crippen LogP contribution in [0.3, 0.4) is 0 Å². The third-order valence-corrected chi connectivity index (χ3v) is 7.59. The number of aryl methyl sites for hydroxylation is 1. The average molecular weight is 538 g/mol. The average Bonchev–Trinajstić information content (AvgIpc) is 3.47. The van der Waals surface area contributed by atoms with E-state index in [0.717, 1.165) is 40.2 Å². The third-order valence-electron chi connectivity index (χ3n) is 6.21. The quantitative estimate of drug-likeness (QED) is 0.133. The van der Waals surface area contributed by atoms with E-state index in [2.05, 4.69) is 18.7 Å². The maximum absolute atomic E-state index is 13.4. The molecule has 0 bridgehead atoms. The molecule has 0 unspecified atom stereocenters. The fourth-order valence-electron chi connectivity index (χ4n) is 4.28. The molecule has 1 amide bonds. The van der Waals surface area contributed by atoms with Crippen LogP contribution in [0.5, 0.6) is 5.75 Å². The SMILES string of the molecule is C=CCOc1ccc(-c2nn(-c3ccccc3)cc2/C=C2\SC(=S)N(CCc3ccccc3)C2=O)c(C)c1. The summed E-state index contributed by atoms with van der Waals surface area (Å²) in [6, 6.07) is 26.0. The normalized spacial score (nSPS) is 14.3. The Hall–Kier alpha value is -3.94. The van der Waals surface area contributed by atoms with Gasteiger partial charge in [0.1, 0.15) is 22.4 Å². The maximum Gasteiger partial charge on any atom is 0.266 e. The molecule has 0 N–H and O–H groups in total. The van der Waals surface area contributed by atoms with Gasteiger partial charge in [0, 0.05) is 23.9 Å². The topological polar surface area (TPSA) is 47.4 Å². The number of thiocarbonyl (C=S) groups is 1. The van der Waals surface area contributed by atoms with Gasteiger partial charge >= 0.3 is 0 Å². The van der Waals surface area contributed by atoms with Gasteiger partial charge in [0.2, 0.25) is 0 Å². The summed E-state index contributed by atoms with van der Waals surface area (Å²) in [4.78, 5) is 15.7. The van der Waals surface area contributed by atoms with Gasteiger partial charge in [-0.2, -0.15) is 5.10 Å². The third kappa shape index (κ3) is 5.64. The van der Waals surface area contributed by atoms with Crippen molar-refractivity contribution in [1.29, 1.82) is 0 Å². The van der Waals surface area contributed by atoms with Gasteiger partial charge in [-0.25, -0.2) is 4.68 Å². The minimum atomic E-state index is -0.0702. The lowest BCUT2D eigenvalue weighted by atomic mass is 10.0. The van der Waals surface area contributed by atoms with Crippen molar-refractivity contribution >= 4 is 40.3 Å². The molecule has 0 radical (unpaired) electrons. The molecule has 1 saturated heterocycles. The van der Waals surface area contributed by atoms with E-state index in [0.29, 0.717) is 22.4 Å². The number of ether oxygens (including phenoxy) is 1. The van der Waals surface area contributed by atoms with Crippen molar-refractivity contribution in [3.8, 4) is 22.7 Å². The molecule has 5 rings (SSSR count). The zero-order chi connectivity index (χ0) is 26.5. The van der Waals surface area contributed by atoms with Crippen LogP contribution in [0.15, 0.2) is 103 Å². The van der Waals surface area contributed by atoms with Gasteiger partial charge in [0.05, 0.1) is 10.6 Å². The van der Waals surface area contributed by atoms with Crippen LogP contribution in [-0.4, -0.2) is 38.1 Å². The van der Waals surface area contributed by atoms with Crippen LogP contribution in [0.1, 0.15) is 16.7 Å². The molecular weight excluding hydrogens is 510 g/mol. The number of benzene rings is 3. The summed E-state index contributed by atoms with van der Waals surface area (Å²) in [6.45, 7) is 6.74. The fraction of sp³-hybridized carbons (Fsp3) is 0.129. The van der Waals surface area contributed by atoms with Crippen molar-refractivity contribution in [2.45, 2.75) is 13.3 Å². The van der Waals surface area contributed by atoms with Crippen LogP contribution in [0.4, 0.5) is 0 Å². The Morgan fingerprint density at radius 3 is 2.50 bits per heavy atom. The minimum absolute atomic E-state index is 0.0702. The summed E-state index contributed by atoms with van der Waals surface area (Å²) in [5.74, 6) is 0.703. The monoisotopic (exact) mass is 537 g/mol. The van der Waals surface area contributed by atoms with Gasteiger partial charge in [0.25, 0.3) is 5.91 Å². The second-order valence-electron chi connectivity index (χ2n) is 8.86. The van der Waals surface area contributed by atoms with Gasteiger partial charge in [-0.05, 0) is 60.9 Å². The van der Waals surface area contributed by atoms with Crippen molar-refractivity contribution in [3.05, 3.63) is 119 Å². The Balaban J connectivity index is 1.48. The number of thioether (sulfide) groups is 1. The highest BCUT2D eigenvalue weighted by Gasteiger charge is 2.32. The molecule has 2 heterocycles. The molecule has 1 aromatic heterocycles. The molecule has 7 heteroatoms. The standard InChI is InChI=1S/C31H27N3O2S2/c1-3-18-36-26-14-15-27(22(2)19-26)29-24(21-34(32-29)25-12-8-5-9-13-25)20-28-30(35)33(31(37)38-28)17-16-23-10-6-4-7-11-23/h3-15,19-21H,1,16-18H2,2H3/b28-20-. The maximum atomic E-state index is 13.4. The van der Waals surface area contributed by atoms with E-state index in [1.54, 1.807) is 11.0 Å². The van der Waals surface area contributed by atoms with Crippen LogP contribution in [0.25, 0.3) is 23.0 Å². The number of nitrogens with zero attached hydrogens (tertiary/aromatic N) is 3. The molecule has 0 spiro atoms. The predicted molar refractivity (Wildman–Crippen MR) is 159 cm³/mol. The first kappa shape index (κ1) is 25.7. The Labute approximate surface area is 232 Å². The fourth-order valence-corrected chi connectivity index (χ4v) is 5.58.